The van der Waals surface area contributed by atoms with Crippen LogP contribution in [0.3, 0.4) is 0 Å². The van der Waals surface area contributed by atoms with Crippen LogP contribution in [0.5, 0.6) is 0 Å². The van der Waals surface area contributed by atoms with Crippen LogP contribution >= 0.6 is 0 Å². The molecule has 4 N–H and O–H groups in total. The highest BCUT2D eigenvalue weighted by Crippen LogP contribution is 2.35. The van der Waals surface area contributed by atoms with Gasteiger partial charge in [0.2, 0.25) is 0 Å². The lowest BCUT2D eigenvalue weighted by Crippen LogP contribution is -2.10. The molecule has 1 aliphatic carbocycles. The molecule has 2 aromatic heterocycles. The molecule has 3 heterocycles. The number of aromatic nitrogens is 2. The van der Waals surface area contributed by atoms with Crippen molar-refractivity contribution in [3.8, 4) is 0 Å². The van der Waals surface area contributed by atoms with Crippen LogP contribution in [0.1, 0.15) is 55.7 Å². The summed E-state index contributed by atoms with van der Waals surface area (Å²) in [5, 5.41) is 4.77. The molecule has 5 heteroatoms. The standard InChI is InChI=1S/C21H25N5/c1-2-4-6-14(5-3-1)20-12-17-19(9-10-22-21(17)25-20)24-16-7-8-18-15(11-16)13-23-26-18/h7-12,14,23,26H,1-6,13H2,(H2,22,24,25). The zero-order chi connectivity index (χ0) is 17.3. The molecule has 1 aliphatic heterocycles. The first-order valence-corrected chi connectivity index (χ1v) is 9.73. The molecule has 2 aliphatic rings. The van der Waals surface area contributed by atoms with E-state index in [1.54, 1.807) is 0 Å². The van der Waals surface area contributed by atoms with Crippen LogP contribution in [0.25, 0.3) is 11.0 Å². The first-order valence-electron chi connectivity index (χ1n) is 9.73. The van der Waals surface area contributed by atoms with Crippen LogP contribution in [0.4, 0.5) is 17.1 Å². The minimum Gasteiger partial charge on any atom is -0.355 e. The number of hydrazine groups is 1. The van der Waals surface area contributed by atoms with Crippen LogP contribution in [0.15, 0.2) is 36.5 Å². The van der Waals surface area contributed by atoms with Crippen molar-refractivity contribution in [2.45, 2.75) is 51.0 Å². The maximum Gasteiger partial charge on any atom is 0.139 e. The number of nitrogens with zero attached hydrogens (tertiary/aromatic N) is 1. The number of nitrogens with one attached hydrogen (secondary N) is 4. The van der Waals surface area contributed by atoms with Gasteiger partial charge in [0.05, 0.1) is 11.4 Å². The van der Waals surface area contributed by atoms with Gasteiger partial charge in [-0.15, -0.1) is 0 Å². The lowest BCUT2D eigenvalue weighted by molar-refractivity contribution is 0.581. The average molecular weight is 347 g/mol. The summed E-state index contributed by atoms with van der Waals surface area (Å²) in [6, 6.07) is 10.8. The topological polar surface area (TPSA) is 64.8 Å². The van der Waals surface area contributed by atoms with Gasteiger partial charge in [0.1, 0.15) is 5.65 Å². The average Bonchev–Trinajstić information content (AvgIpc) is 3.21. The summed E-state index contributed by atoms with van der Waals surface area (Å²) in [5.41, 5.74) is 13.3. The number of aromatic amines is 1. The number of anilines is 3. The Morgan fingerprint density at radius 1 is 1.00 bits per heavy atom. The van der Waals surface area contributed by atoms with E-state index in [0.29, 0.717) is 5.92 Å². The minimum atomic E-state index is 0.650. The molecular formula is C21H25N5. The largest absolute Gasteiger partial charge is 0.355 e. The Morgan fingerprint density at radius 2 is 1.88 bits per heavy atom. The predicted octanol–water partition coefficient (Wildman–Crippen LogP) is 5.17. The lowest BCUT2D eigenvalue weighted by atomic mass is 9.97. The van der Waals surface area contributed by atoms with E-state index in [4.69, 9.17) is 0 Å². The molecule has 0 saturated heterocycles. The number of benzene rings is 1. The Kier molecular flexibility index (Phi) is 4.02. The molecule has 134 valence electrons. The normalized spacial score (nSPS) is 17.7. The van der Waals surface area contributed by atoms with Crippen molar-refractivity contribution in [2.24, 2.45) is 0 Å². The molecule has 3 aromatic rings. The zero-order valence-corrected chi connectivity index (χ0v) is 14.9. The Hall–Kier alpha value is -2.53. The van der Waals surface area contributed by atoms with E-state index >= 15 is 0 Å². The Morgan fingerprint density at radius 3 is 2.77 bits per heavy atom. The SMILES string of the molecule is c1cc(Nc2ccc3c(c2)CNN3)c2cc(C3CCCCCC3)[nH]c2n1. The molecule has 0 atom stereocenters. The number of hydrogen-bond acceptors (Lipinski definition) is 4. The highest BCUT2D eigenvalue weighted by Gasteiger charge is 2.18. The van der Waals surface area contributed by atoms with E-state index in [1.165, 1.54) is 55.2 Å². The molecule has 0 spiro atoms. The van der Waals surface area contributed by atoms with E-state index in [0.717, 1.165) is 29.3 Å². The molecule has 5 nitrogen and oxygen atoms in total. The molecule has 0 amide bonds. The number of fused-ring (bicyclic) bond motifs is 2. The second-order valence-corrected chi connectivity index (χ2v) is 7.51. The van der Waals surface area contributed by atoms with E-state index < -0.39 is 0 Å². The molecule has 0 bridgehead atoms. The van der Waals surface area contributed by atoms with Gasteiger partial charge in [-0.05, 0) is 54.7 Å². The molecule has 0 radical (unpaired) electrons. The molecule has 1 saturated carbocycles. The Bertz CT molecular complexity index is 921. The number of H-pyrrole nitrogens is 1. The summed E-state index contributed by atoms with van der Waals surface area (Å²) in [6.07, 6.45) is 9.91. The second-order valence-electron chi connectivity index (χ2n) is 7.51. The number of hydrogen-bond donors (Lipinski definition) is 4. The Labute approximate surface area is 153 Å². The quantitative estimate of drug-likeness (QED) is 0.493. The van der Waals surface area contributed by atoms with Gasteiger partial charge in [-0.2, -0.15) is 0 Å². The van der Waals surface area contributed by atoms with Crippen LogP contribution in [0.2, 0.25) is 0 Å². The van der Waals surface area contributed by atoms with E-state index in [-0.39, 0.29) is 0 Å². The highest BCUT2D eigenvalue weighted by molar-refractivity contribution is 5.92. The molecule has 1 aromatic carbocycles. The lowest BCUT2D eigenvalue weighted by Gasteiger charge is -2.11. The fourth-order valence-electron chi connectivity index (χ4n) is 4.30. The van der Waals surface area contributed by atoms with Crippen molar-refractivity contribution < 1.29 is 0 Å². The smallest absolute Gasteiger partial charge is 0.139 e. The van der Waals surface area contributed by atoms with E-state index in [2.05, 4.69) is 56.5 Å². The Balaban J connectivity index is 1.46. The third-order valence-corrected chi connectivity index (χ3v) is 5.73. The van der Waals surface area contributed by atoms with E-state index in [9.17, 15) is 0 Å². The summed E-state index contributed by atoms with van der Waals surface area (Å²) in [6.45, 7) is 0.854. The molecule has 0 unspecified atom stereocenters. The summed E-state index contributed by atoms with van der Waals surface area (Å²) in [5.74, 6) is 0.650. The first-order chi connectivity index (χ1) is 12.9. The van der Waals surface area contributed by atoms with Gasteiger partial charge >= 0.3 is 0 Å². The fraction of sp³-hybridized carbons (Fsp3) is 0.381. The van der Waals surface area contributed by atoms with Crippen LogP contribution < -0.4 is 16.2 Å². The van der Waals surface area contributed by atoms with Crippen molar-refractivity contribution in [2.75, 3.05) is 10.7 Å². The summed E-state index contributed by atoms with van der Waals surface area (Å²) in [7, 11) is 0. The third-order valence-electron chi connectivity index (χ3n) is 5.73. The first kappa shape index (κ1) is 15.7. The zero-order valence-electron chi connectivity index (χ0n) is 14.9. The third kappa shape index (κ3) is 2.92. The van der Waals surface area contributed by atoms with Crippen molar-refractivity contribution in [1.82, 2.24) is 15.4 Å². The van der Waals surface area contributed by atoms with E-state index in [1.807, 2.05) is 6.20 Å². The molecule has 1 fully saturated rings. The minimum absolute atomic E-state index is 0.650. The summed E-state index contributed by atoms with van der Waals surface area (Å²) >= 11 is 0. The van der Waals surface area contributed by atoms with Crippen molar-refractivity contribution >= 4 is 28.1 Å². The predicted molar refractivity (Wildman–Crippen MR) is 107 cm³/mol. The highest BCUT2D eigenvalue weighted by atomic mass is 15.4. The van der Waals surface area contributed by atoms with Crippen molar-refractivity contribution in [1.29, 1.82) is 0 Å². The van der Waals surface area contributed by atoms with Crippen LogP contribution in [-0.2, 0) is 6.54 Å². The van der Waals surface area contributed by atoms with Gasteiger partial charge in [-0.25, -0.2) is 10.4 Å². The monoisotopic (exact) mass is 347 g/mol. The van der Waals surface area contributed by atoms with Crippen molar-refractivity contribution in [3.05, 3.63) is 47.8 Å². The molecule has 5 rings (SSSR count). The van der Waals surface area contributed by atoms with Gasteiger partial charge in [-0.1, -0.05) is 25.7 Å². The van der Waals surface area contributed by atoms with Gasteiger partial charge in [0.25, 0.3) is 0 Å². The van der Waals surface area contributed by atoms with Gasteiger partial charge < -0.3 is 15.7 Å². The van der Waals surface area contributed by atoms with Crippen molar-refractivity contribution in [3.63, 3.8) is 0 Å². The number of rotatable bonds is 3. The molecule has 26 heavy (non-hydrogen) atoms. The fourth-order valence-corrected chi connectivity index (χ4v) is 4.30. The van der Waals surface area contributed by atoms with Gasteiger partial charge in [0.15, 0.2) is 0 Å². The molecular weight excluding hydrogens is 322 g/mol. The van der Waals surface area contributed by atoms with Crippen LogP contribution in [-0.4, -0.2) is 9.97 Å². The maximum absolute atomic E-state index is 4.56. The summed E-state index contributed by atoms with van der Waals surface area (Å²) in [4.78, 5) is 8.15. The number of pyridine rings is 1. The second kappa shape index (κ2) is 6.65. The van der Waals surface area contributed by atoms with Gasteiger partial charge in [0, 0.05) is 29.5 Å². The van der Waals surface area contributed by atoms with Gasteiger partial charge in [-0.3, -0.25) is 0 Å². The summed E-state index contributed by atoms with van der Waals surface area (Å²) < 4.78 is 0. The van der Waals surface area contributed by atoms with Crippen LogP contribution in [0, 0.1) is 0 Å². The maximum atomic E-state index is 4.56.